The third-order valence-electron chi connectivity index (χ3n) is 2.95. The average molecular weight is 275 g/mol. The highest BCUT2D eigenvalue weighted by Crippen LogP contribution is 2.26. The zero-order valence-corrected chi connectivity index (χ0v) is 10.2. The molecule has 0 aromatic carbocycles. The van der Waals surface area contributed by atoms with Gasteiger partial charge in [0.05, 0.1) is 5.25 Å². The molecule has 1 aliphatic carbocycles. The first kappa shape index (κ1) is 14.7. The molecule has 3 atom stereocenters. The van der Waals surface area contributed by atoms with Crippen LogP contribution in [0.1, 0.15) is 19.3 Å². The molecule has 1 rings (SSSR count). The molecule has 0 bridgehead atoms. The lowest BCUT2D eigenvalue weighted by atomic mass is 10.2. The maximum absolute atomic E-state index is 12.0. The quantitative estimate of drug-likeness (QED) is 0.782. The first-order valence-electron chi connectivity index (χ1n) is 5.29. The minimum Gasteiger partial charge on any atom is -0.382 e. The maximum Gasteiger partial charge on any atom is 0.415 e. The monoisotopic (exact) mass is 275 g/mol. The molecule has 0 heterocycles. The van der Waals surface area contributed by atoms with Crippen LogP contribution in [0.2, 0.25) is 0 Å². The van der Waals surface area contributed by atoms with Crippen LogP contribution in [0, 0.1) is 0 Å². The minimum absolute atomic E-state index is 0.457. The second kappa shape index (κ2) is 5.11. The Balaban J connectivity index is 2.52. The van der Waals surface area contributed by atoms with Gasteiger partial charge in [-0.2, -0.15) is 13.2 Å². The van der Waals surface area contributed by atoms with Crippen LogP contribution < -0.4 is 5.32 Å². The van der Waals surface area contributed by atoms with E-state index in [4.69, 9.17) is 5.11 Å². The van der Waals surface area contributed by atoms with Gasteiger partial charge in [-0.3, -0.25) is 0 Å². The summed E-state index contributed by atoms with van der Waals surface area (Å²) in [6.07, 6.45) is -4.41. The van der Waals surface area contributed by atoms with Crippen molar-refractivity contribution in [2.45, 2.75) is 42.8 Å². The van der Waals surface area contributed by atoms with E-state index in [-0.39, 0.29) is 0 Å². The SMILES string of the molecule is CS(=O)(=O)C1CCCC1NCC(O)C(F)(F)F. The fourth-order valence-electron chi connectivity index (χ4n) is 2.05. The Morgan fingerprint density at radius 1 is 1.41 bits per heavy atom. The largest absolute Gasteiger partial charge is 0.415 e. The van der Waals surface area contributed by atoms with Crippen molar-refractivity contribution in [2.24, 2.45) is 0 Å². The molecule has 102 valence electrons. The second-order valence-corrected chi connectivity index (χ2v) is 6.64. The Bertz CT molecular complexity index is 355. The van der Waals surface area contributed by atoms with Crippen molar-refractivity contribution in [3.8, 4) is 0 Å². The van der Waals surface area contributed by atoms with E-state index in [1.54, 1.807) is 0 Å². The Kier molecular flexibility index (Phi) is 4.43. The maximum atomic E-state index is 12.0. The predicted octanol–water partition coefficient (Wildman–Crippen LogP) is 0.465. The lowest BCUT2D eigenvalue weighted by Gasteiger charge is -2.22. The number of halogens is 3. The number of sulfone groups is 1. The number of aliphatic hydroxyl groups excluding tert-OH is 1. The van der Waals surface area contributed by atoms with Crippen LogP contribution in [0.3, 0.4) is 0 Å². The molecular formula is C9H16F3NO3S. The van der Waals surface area contributed by atoms with Gasteiger partial charge in [-0.15, -0.1) is 0 Å². The van der Waals surface area contributed by atoms with Gasteiger partial charge in [0, 0.05) is 18.8 Å². The van der Waals surface area contributed by atoms with Crippen LogP contribution in [-0.4, -0.2) is 49.9 Å². The van der Waals surface area contributed by atoms with E-state index >= 15 is 0 Å². The van der Waals surface area contributed by atoms with Crippen LogP contribution in [0.15, 0.2) is 0 Å². The van der Waals surface area contributed by atoms with Gasteiger partial charge >= 0.3 is 6.18 Å². The highest BCUT2D eigenvalue weighted by Gasteiger charge is 2.40. The second-order valence-electron chi connectivity index (χ2n) is 4.37. The summed E-state index contributed by atoms with van der Waals surface area (Å²) in [6.45, 7) is -0.666. The summed E-state index contributed by atoms with van der Waals surface area (Å²) in [5, 5.41) is 10.6. The fourth-order valence-corrected chi connectivity index (χ4v) is 3.47. The fraction of sp³-hybridized carbons (Fsp3) is 1.00. The lowest BCUT2D eigenvalue weighted by molar-refractivity contribution is -0.202. The van der Waals surface area contributed by atoms with Crippen molar-refractivity contribution in [1.82, 2.24) is 5.32 Å². The molecule has 0 aliphatic heterocycles. The van der Waals surface area contributed by atoms with Crippen LogP contribution >= 0.6 is 0 Å². The molecule has 0 aromatic heterocycles. The Morgan fingerprint density at radius 3 is 2.47 bits per heavy atom. The topological polar surface area (TPSA) is 66.4 Å². The van der Waals surface area contributed by atoms with E-state index in [1.807, 2.05) is 0 Å². The summed E-state index contributed by atoms with van der Waals surface area (Å²) >= 11 is 0. The molecule has 0 spiro atoms. The Morgan fingerprint density at radius 2 is 2.00 bits per heavy atom. The Labute approximate surface area is 98.1 Å². The van der Waals surface area contributed by atoms with Crippen LogP contribution in [0.4, 0.5) is 13.2 Å². The molecule has 3 unspecified atom stereocenters. The number of hydrogen-bond acceptors (Lipinski definition) is 4. The summed E-state index contributed by atoms with van der Waals surface area (Å²) in [5.41, 5.74) is 0. The standard InChI is InChI=1S/C9H16F3NO3S/c1-17(15,16)7-4-2-3-6(7)13-5-8(14)9(10,11)12/h6-8,13-14H,2-5H2,1H3. The number of hydrogen-bond donors (Lipinski definition) is 2. The molecule has 0 saturated heterocycles. The average Bonchev–Trinajstić information content (AvgIpc) is 2.59. The minimum atomic E-state index is -4.67. The molecular weight excluding hydrogens is 259 g/mol. The molecule has 2 N–H and O–H groups in total. The van der Waals surface area contributed by atoms with Crippen molar-refractivity contribution < 1.29 is 26.7 Å². The summed E-state index contributed by atoms with van der Waals surface area (Å²) in [4.78, 5) is 0. The molecule has 0 aromatic rings. The first-order chi connectivity index (χ1) is 7.62. The van der Waals surface area contributed by atoms with Crippen LogP contribution in [0.25, 0.3) is 0 Å². The summed E-state index contributed by atoms with van der Waals surface area (Å²) < 4.78 is 58.9. The zero-order chi connectivity index (χ0) is 13.3. The predicted molar refractivity (Wildman–Crippen MR) is 56.3 cm³/mol. The van der Waals surface area contributed by atoms with Crippen molar-refractivity contribution in [3.63, 3.8) is 0 Å². The lowest BCUT2D eigenvalue weighted by Crippen LogP contribution is -2.46. The molecule has 4 nitrogen and oxygen atoms in total. The van der Waals surface area contributed by atoms with Gasteiger partial charge in [-0.1, -0.05) is 6.42 Å². The van der Waals surface area contributed by atoms with Gasteiger partial charge in [0.25, 0.3) is 0 Å². The van der Waals surface area contributed by atoms with Gasteiger partial charge < -0.3 is 10.4 Å². The molecule has 1 fully saturated rings. The molecule has 17 heavy (non-hydrogen) atoms. The third kappa shape index (κ3) is 4.11. The van der Waals surface area contributed by atoms with E-state index in [9.17, 15) is 21.6 Å². The zero-order valence-electron chi connectivity index (χ0n) is 9.37. The normalized spacial score (nSPS) is 28.3. The third-order valence-corrected chi connectivity index (χ3v) is 4.62. The van der Waals surface area contributed by atoms with Crippen molar-refractivity contribution >= 4 is 9.84 Å². The number of alkyl halides is 3. The number of aliphatic hydroxyl groups is 1. The van der Waals surface area contributed by atoms with Gasteiger partial charge in [0.15, 0.2) is 15.9 Å². The smallest absolute Gasteiger partial charge is 0.382 e. The Hall–Kier alpha value is -0.340. The van der Waals surface area contributed by atoms with Gasteiger partial charge in [-0.25, -0.2) is 8.42 Å². The molecule has 0 radical (unpaired) electrons. The first-order valence-corrected chi connectivity index (χ1v) is 7.25. The summed E-state index contributed by atoms with van der Waals surface area (Å²) in [7, 11) is -3.26. The van der Waals surface area contributed by atoms with Crippen molar-refractivity contribution in [1.29, 1.82) is 0 Å². The van der Waals surface area contributed by atoms with E-state index in [1.165, 1.54) is 0 Å². The van der Waals surface area contributed by atoms with E-state index in [2.05, 4.69) is 5.32 Å². The molecule has 8 heteroatoms. The van der Waals surface area contributed by atoms with E-state index in [0.29, 0.717) is 19.3 Å². The van der Waals surface area contributed by atoms with Gasteiger partial charge in [0.1, 0.15) is 0 Å². The molecule has 0 amide bonds. The highest BCUT2D eigenvalue weighted by atomic mass is 32.2. The summed E-state index contributed by atoms with van der Waals surface area (Å²) in [6, 6.07) is -0.498. The van der Waals surface area contributed by atoms with E-state index in [0.717, 1.165) is 6.26 Å². The van der Waals surface area contributed by atoms with Gasteiger partial charge in [-0.05, 0) is 12.8 Å². The number of rotatable bonds is 4. The highest BCUT2D eigenvalue weighted by molar-refractivity contribution is 7.91. The molecule has 1 aliphatic rings. The summed E-state index contributed by atoms with van der Waals surface area (Å²) in [5.74, 6) is 0. The van der Waals surface area contributed by atoms with Crippen molar-refractivity contribution in [2.75, 3.05) is 12.8 Å². The van der Waals surface area contributed by atoms with Crippen LogP contribution in [-0.2, 0) is 9.84 Å². The van der Waals surface area contributed by atoms with Crippen LogP contribution in [0.5, 0.6) is 0 Å². The van der Waals surface area contributed by atoms with Gasteiger partial charge in [0.2, 0.25) is 0 Å². The molecule has 1 saturated carbocycles. The number of nitrogens with one attached hydrogen (secondary N) is 1. The van der Waals surface area contributed by atoms with E-state index < -0.39 is 40.0 Å². The van der Waals surface area contributed by atoms with Crippen molar-refractivity contribution in [3.05, 3.63) is 0 Å².